The zero-order valence-electron chi connectivity index (χ0n) is 19.9. The predicted octanol–water partition coefficient (Wildman–Crippen LogP) is 4.21. The second kappa shape index (κ2) is 9.30. The van der Waals surface area contributed by atoms with Gasteiger partial charge < -0.3 is 24.8 Å². The van der Waals surface area contributed by atoms with Crippen LogP contribution in [0.2, 0.25) is 0 Å². The minimum absolute atomic E-state index is 0.00302. The first kappa shape index (κ1) is 25.0. The van der Waals surface area contributed by atoms with Gasteiger partial charge >= 0.3 is 0 Å². The maximum atomic E-state index is 13.8. The predicted molar refractivity (Wildman–Crippen MR) is 130 cm³/mol. The molecule has 1 aliphatic heterocycles. The van der Waals surface area contributed by atoms with E-state index in [1.165, 1.54) is 11.8 Å². The van der Waals surface area contributed by atoms with Gasteiger partial charge in [0.25, 0.3) is 0 Å². The number of aliphatic hydroxyl groups excluding tert-OH is 3. The van der Waals surface area contributed by atoms with Gasteiger partial charge in [0.2, 0.25) is 5.92 Å². The molecule has 3 N–H and O–H groups in total. The molecule has 3 aliphatic rings. The fraction of sp³-hybridized carbons (Fsp3) is 0.556. The van der Waals surface area contributed by atoms with Crippen molar-refractivity contribution in [2.24, 2.45) is 5.92 Å². The van der Waals surface area contributed by atoms with Crippen LogP contribution >= 0.6 is 11.8 Å². The number of benzene rings is 2. The molecule has 5 rings (SSSR count). The third-order valence-corrected chi connectivity index (χ3v) is 8.93. The largest absolute Gasteiger partial charge is 0.496 e. The van der Waals surface area contributed by atoms with E-state index in [1.807, 2.05) is 24.3 Å². The monoisotopic (exact) mass is 506 g/mol. The van der Waals surface area contributed by atoms with Crippen molar-refractivity contribution in [3.05, 3.63) is 64.7 Å². The summed E-state index contributed by atoms with van der Waals surface area (Å²) in [7, 11) is 1.60. The average molecular weight is 507 g/mol. The Hall–Kier alpha value is -1.71. The molecule has 7 atom stereocenters. The van der Waals surface area contributed by atoms with Crippen LogP contribution in [-0.2, 0) is 16.6 Å². The zero-order chi connectivity index (χ0) is 25.0. The fourth-order valence-corrected chi connectivity index (χ4v) is 6.60. The van der Waals surface area contributed by atoms with Crippen LogP contribution in [0.1, 0.15) is 54.0 Å². The summed E-state index contributed by atoms with van der Waals surface area (Å²) in [5, 5.41) is 31.0. The molecule has 2 aromatic carbocycles. The number of methoxy groups -OCH3 is 1. The second-order valence-corrected chi connectivity index (χ2v) is 11.1. The van der Waals surface area contributed by atoms with E-state index >= 15 is 0 Å². The van der Waals surface area contributed by atoms with Gasteiger partial charge in [0.1, 0.15) is 35.6 Å². The molecule has 0 radical (unpaired) electrons. The molecule has 0 spiro atoms. The highest BCUT2D eigenvalue weighted by molar-refractivity contribution is 7.99. The Morgan fingerprint density at radius 2 is 1.74 bits per heavy atom. The Morgan fingerprint density at radius 1 is 1.00 bits per heavy atom. The molecule has 190 valence electrons. The standard InChI is InChI=1S/C27H32F2O5S/c1-33-20-8-5-16(24-22(31)21(30)23(32)25(34-24)35-2)12-17(20)11-15-3-6-18(7-4-15)26-9-10-27(28,29)14-19(26)13-26/h3-8,12,19,21-25,30-32H,9-11,13-14H2,1-2H3/t19?,21-,22-,23+,24?,25-,26?/m1/s1. The molecule has 0 bridgehead atoms. The Balaban J connectivity index is 1.35. The van der Waals surface area contributed by atoms with Gasteiger partial charge in [-0.15, -0.1) is 11.8 Å². The summed E-state index contributed by atoms with van der Waals surface area (Å²) in [6.45, 7) is 0. The van der Waals surface area contributed by atoms with E-state index < -0.39 is 35.8 Å². The number of aliphatic hydroxyl groups is 3. The number of alkyl halides is 2. The Morgan fingerprint density at radius 3 is 2.40 bits per heavy atom. The third-order valence-electron chi connectivity index (χ3n) is 8.07. The van der Waals surface area contributed by atoms with Gasteiger partial charge in [-0.25, -0.2) is 8.78 Å². The van der Waals surface area contributed by atoms with Gasteiger partial charge in [-0.2, -0.15) is 0 Å². The number of hydrogen-bond donors (Lipinski definition) is 3. The van der Waals surface area contributed by atoms with Crippen molar-refractivity contribution in [2.45, 2.75) is 73.3 Å². The molecule has 2 aromatic rings. The zero-order valence-corrected chi connectivity index (χ0v) is 20.7. The lowest BCUT2D eigenvalue weighted by Crippen LogP contribution is -2.52. The molecular weight excluding hydrogens is 474 g/mol. The summed E-state index contributed by atoms with van der Waals surface area (Å²) >= 11 is 1.28. The molecule has 2 aliphatic carbocycles. The number of thioether (sulfide) groups is 1. The Bertz CT molecular complexity index is 1060. The van der Waals surface area contributed by atoms with Crippen LogP contribution in [0.25, 0.3) is 0 Å². The van der Waals surface area contributed by atoms with Crippen molar-refractivity contribution in [3.63, 3.8) is 0 Å². The van der Waals surface area contributed by atoms with Gasteiger partial charge in [0, 0.05) is 19.3 Å². The molecule has 3 unspecified atom stereocenters. The van der Waals surface area contributed by atoms with E-state index in [0.717, 1.165) is 23.1 Å². The summed E-state index contributed by atoms with van der Waals surface area (Å²) in [5.41, 5.74) is 3.07. The van der Waals surface area contributed by atoms with Crippen molar-refractivity contribution in [1.29, 1.82) is 0 Å². The topological polar surface area (TPSA) is 79.2 Å². The summed E-state index contributed by atoms with van der Waals surface area (Å²) < 4.78 is 39.0. The van der Waals surface area contributed by atoms with E-state index in [2.05, 4.69) is 12.1 Å². The lowest BCUT2D eigenvalue weighted by atomic mass is 9.81. The van der Waals surface area contributed by atoms with E-state index in [0.29, 0.717) is 24.2 Å². The van der Waals surface area contributed by atoms with Crippen LogP contribution in [0, 0.1) is 5.92 Å². The lowest BCUT2D eigenvalue weighted by molar-refractivity contribution is -0.200. The van der Waals surface area contributed by atoms with Crippen LogP contribution in [0.3, 0.4) is 0 Å². The van der Waals surface area contributed by atoms with Gasteiger partial charge in [-0.3, -0.25) is 0 Å². The normalized spacial score (nSPS) is 35.9. The van der Waals surface area contributed by atoms with Crippen LogP contribution in [0.4, 0.5) is 8.78 Å². The number of hydrogen-bond acceptors (Lipinski definition) is 6. The van der Waals surface area contributed by atoms with Gasteiger partial charge in [-0.1, -0.05) is 30.3 Å². The van der Waals surface area contributed by atoms with Gasteiger partial charge in [0.15, 0.2) is 0 Å². The highest BCUT2D eigenvalue weighted by Gasteiger charge is 2.61. The minimum atomic E-state index is -2.52. The molecule has 0 amide bonds. The van der Waals surface area contributed by atoms with Gasteiger partial charge in [-0.05, 0) is 64.8 Å². The first-order valence-electron chi connectivity index (χ1n) is 12.0. The summed E-state index contributed by atoms with van der Waals surface area (Å²) in [4.78, 5) is 0. The quantitative estimate of drug-likeness (QED) is 0.545. The first-order chi connectivity index (χ1) is 16.7. The lowest BCUT2D eigenvalue weighted by Gasteiger charge is -2.40. The number of fused-ring (bicyclic) bond motifs is 1. The minimum Gasteiger partial charge on any atom is -0.496 e. The number of ether oxygens (including phenoxy) is 2. The van der Waals surface area contributed by atoms with Crippen molar-refractivity contribution in [2.75, 3.05) is 13.4 Å². The Labute approximate surface area is 208 Å². The highest BCUT2D eigenvalue weighted by Crippen LogP contribution is 2.65. The van der Waals surface area contributed by atoms with Crippen LogP contribution in [0.5, 0.6) is 5.75 Å². The number of rotatable bonds is 6. The molecule has 5 nitrogen and oxygen atoms in total. The van der Waals surface area contributed by atoms with E-state index in [-0.39, 0.29) is 24.2 Å². The van der Waals surface area contributed by atoms with E-state index in [9.17, 15) is 24.1 Å². The van der Waals surface area contributed by atoms with Crippen molar-refractivity contribution < 1.29 is 33.6 Å². The summed E-state index contributed by atoms with van der Waals surface area (Å²) in [6, 6.07) is 13.8. The Kier molecular flexibility index (Phi) is 6.64. The third kappa shape index (κ3) is 4.60. The van der Waals surface area contributed by atoms with Crippen molar-refractivity contribution in [1.82, 2.24) is 0 Å². The fourth-order valence-electron chi connectivity index (χ4n) is 5.93. The molecule has 3 fully saturated rings. The second-order valence-electron chi connectivity index (χ2n) is 10.2. The SMILES string of the molecule is COc1ccc(C2O[C@H](SC)[C@@H](O)[C@H](O)[C@H]2O)cc1Cc1ccc(C23CCC(F)(F)CC2C3)cc1. The van der Waals surface area contributed by atoms with E-state index in [1.54, 1.807) is 19.4 Å². The highest BCUT2D eigenvalue weighted by atomic mass is 32.2. The van der Waals surface area contributed by atoms with Crippen molar-refractivity contribution in [3.8, 4) is 5.75 Å². The van der Waals surface area contributed by atoms with Crippen molar-refractivity contribution >= 4 is 11.8 Å². The smallest absolute Gasteiger partial charge is 0.248 e. The molecule has 35 heavy (non-hydrogen) atoms. The molecular formula is C27H32F2O5S. The first-order valence-corrected chi connectivity index (χ1v) is 13.3. The molecule has 2 saturated carbocycles. The van der Waals surface area contributed by atoms with Crippen LogP contribution in [-0.4, -0.2) is 58.4 Å². The van der Waals surface area contributed by atoms with Crippen LogP contribution in [0.15, 0.2) is 42.5 Å². The maximum absolute atomic E-state index is 13.8. The van der Waals surface area contributed by atoms with Crippen LogP contribution < -0.4 is 4.74 Å². The molecule has 0 aromatic heterocycles. The molecule has 8 heteroatoms. The summed E-state index contributed by atoms with van der Waals surface area (Å²) in [6.07, 6.45) is -0.823. The van der Waals surface area contributed by atoms with E-state index in [4.69, 9.17) is 9.47 Å². The summed E-state index contributed by atoms with van der Waals surface area (Å²) in [5.74, 6) is -1.75. The number of halogens is 2. The molecule has 1 saturated heterocycles. The maximum Gasteiger partial charge on any atom is 0.248 e. The molecule has 1 heterocycles. The van der Waals surface area contributed by atoms with Gasteiger partial charge in [0.05, 0.1) is 7.11 Å². The average Bonchev–Trinajstić information content (AvgIpc) is 3.56.